The molecular weight excluding hydrogens is 405 g/mol. The molecule has 4 N–H and O–H groups in total. The molecule has 7 heteroatoms. The maximum atomic E-state index is 12.1. The molecule has 0 saturated carbocycles. The molecule has 0 aromatic heterocycles. The van der Waals surface area contributed by atoms with Crippen LogP contribution < -0.4 is 16.4 Å². The summed E-state index contributed by atoms with van der Waals surface area (Å²) < 4.78 is 0. The van der Waals surface area contributed by atoms with Crippen LogP contribution in [0.5, 0.6) is 0 Å². The zero-order valence-corrected chi connectivity index (χ0v) is 15.9. The third kappa shape index (κ3) is 6.64. The molecule has 0 bridgehead atoms. The van der Waals surface area contributed by atoms with Gasteiger partial charge in [0.2, 0.25) is 0 Å². The topological polar surface area (TPSA) is 82.7 Å². The number of halogens is 1. The average molecular weight is 431 g/mol. The van der Waals surface area contributed by atoms with Gasteiger partial charge in [-0.05, 0) is 37.0 Å². The SMILES string of the molecule is CCCNC(N)=NCc1cccc(NC(=O)N2CCCC2)c1.I. The van der Waals surface area contributed by atoms with E-state index in [1.54, 1.807) is 0 Å². The Morgan fingerprint density at radius 3 is 2.78 bits per heavy atom. The molecular formula is C16H26IN5O. The van der Waals surface area contributed by atoms with Crippen LogP contribution in [0.25, 0.3) is 0 Å². The van der Waals surface area contributed by atoms with Crippen molar-refractivity contribution in [3.63, 3.8) is 0 Å². The van der Waals surface area contributed by atoms with E-state index in [0.717, 1.165) is 50.1 Å². The quantitative estimate of drug-likeness (QED) is 0.381. The molecule has 6 nitrogen and oxygen atoms in total. The lowest BCUT2D eigenvalue weighted by molar-refractivity contribution is 0.222. The first-order valence-electron chi connectivity index (χ1n) is 7.87. The summed E-state index contributed by atoms with van der Waals surface area (Å²) in [6.45, 7) is 5.08. The van der Waals surface area contributed by atoms with Crippen LogP contribution in [0.3, 0.4) is 0 Å². The molecule has 2 rings (SSSR count). The molecule has 0 radical (unpaired) electrons. The zero-order valence-electron chi connectivity index (χ0n) is 13.5. The van der Waals surface area contributed by atoms with Crippen LogP contribution in [0.1, 0.15) is 31.7 Å². The van der Waals surface area contributed by atoms with Gasteiger partial charge in [0.15, 0.2) is 5.96 Å². The first-order valence-corrected chi connectivity index (χ1v) is 7.87. The largest absolute Gasteiger partial charge is 0.370 e. The van der Waals surface area contributed by atoms with Crippen molar-refractivity contribution >= 4 is 41.7 Å². The molecule has 1 fully saturated rings. The van der Waals surface area contributed by atoms with Crippen LogP contribution >= 0.6 is 24.0 Å². The van der Waals surface area contributed by atoms with E-state index < -0.39 is 0 Å². The van der Waals surface area contributed by atoms with Gasteiger partial charge < -0.3 is 21.3 Å². The smallest absolute Gasteiger partial charge is 0.321 e. The number of carbonyl (C=O) groups is 1. The molecule has 0 unspecified atom stereocenters. The minimum atomic E-state index is -0.0257. The van der Waals surface area contributed by atoms with Crippen molar-refractivity contribution in [2.75, 3.05) is 25.0 Å². The Morgan fingerprint density at radius 1 is 1.35 bits per heavy atom. The van der Waals surface area contributed by atoms with Crippen LogP contribution in [0.2, 0.25) is 0 Å². The highest BCUT2D eigenvalue weighted by atomic mass is 127. The summed E-state index contributed by atoms with van der Waals surface area (Å²) in [5.74, 6) is 0.452. The molecule has 1 saturated heterocycles. The highest BCUT2D eigenvalue weighted by Crippen LogP contribution is 2.14. The summed E-state index contributed by atoms with van der Waals surface area (Å²) in [6.07, 6.45) is 3.19. The third-order valence-corrected chi connectivity index (χ3v) is 3.56. The molecule has 0 atom stereocenters. The molecule has 2 amide bonds. The Kier molecular flexibility index (Phi) is 8.75. The van der Waals surface area contributed by atoms with Crippen molar-refractivity contribution in [2.45, 2.75) is 32.7 Å². The number of hydrogen-bond acceptors (Lipinski definition) is 2. The van der Waals surface area contributed by atoms with Crippen molar-refractivity contribution < 1.29 is 4.79 Å². The van der Waals surface area contributed by atoms with Crippen LogP contribution in [-0.2, 0) is 6.54 Å². The average Bonchev–Trinajstić information content (AvgIpc) is 3.06. The highest BCUT2D eigenvalue weighted by Gasteiger charge is 2.17. The Morgan fingerprint density at radius 2 is 2.09 bits per heavy atom. The maximum Gasteiger partial charge on any atom is 0.321 e. The van der Waals surface area contributed by atoms with E-state index in [1.807, 2.05) is 29.2 Å². The lowest BCUT2D eigenvalue weighted by Crippen LogP contribution is -2.32. The predicted octanol–water partition coefficient (Wildman–Crippen LogP) is 2.75. The third-order valence-electron chi connectivity index (χ3n) is 3.56. The van der Waals surface area contributed by atoms with E-state index in [4.69, 9.17) is 5.73 Å². The molecule has 1 aromatic rings. The van der Waals surface area contributed by atoms with E-state index >= 15 is 0 Å². The summed E-state index contributed by atoms with van der Waals surface area (Å²) in [6, 6.07) is 7.69. The van der Waals surface area contributed by atoms with Gasteiger partial charge in [0.05, 0.1) is 6.54 Å². The number of nitrogens with zero attached hydrogens (tertiary/aromatic N) is 2. The Labute approximate surface area is 154 Å². The second-order valence-electron chi connectivity index (χ2n) is 5.45. The molecule has 23 heavy (non-hydrogen) atoms. The number of nitrogens with two attached hydrogens (primary N) is 1. The van der Waals surface area contributed by atoms with Gasteiger partial charge in [-0.15, -0.1) is 24.0 Å². The minimum absolute atomic E-state index is 0. The number of rotatable bonds is 5. The van der Waals surface area contributed by atoms with Gasteiger partial charge in [-0.25, -0.2) is 9.79 Å². The molecule has 0 spiro atoms. The minimum Gasteiger partial charge on any atom is -0.370 e. The summed E-state index contributed by atoms with van der Waals surface area (Å²) in [5, 5.41) is 5.98. The number of hydrogen-bond donors (Lipinski definition) is 3. The summed E-state index contributed by atoms with van der Waals surface area (Å²) in [4.78, 5) is 18.2. The monoisotopic (exact) mass is 431 g/mol. The number of likely N-dealkylation sites (tertiary alicyclic amines) is 1. The summed E-state index contributed by atoms with van der Waals surface area (Å²) in [7, 11) is 0. The van der Waals surface area contributed by atoms with Gasteiger partial charge in [0.1, 0.15) is 0 Å². The first kappa shape index (κ1) is 19.5. The molecule has 1 aromatic carbocycles. The van der Waals surface area contributed by atoms with Gasteiger partial charge in [-0.1, -0.05) is 19.1 Å². The van der Waals surface area contributed by atoms with Crippen LogP contribution in [0.4, 0.5) is 10.5 Å². The number of anilines is 1. The van der Waals surface area contributed by atoms with E-state index in [1.165, 1.54) is 0 Å². The van der Waals surface area contributed by atoms with E-state index in [-0.39, 0.29) is 30.0 Å². The van der Waals surface area contributed by atoms with E-state index in [2.05, 4.69) is 22.5 Å². The maximum absolute atomic E-state index is 12.1. The van der Waals surface area contributed by atoms with E-state index in [0.29, 0.717) is 12.5 Å². The number of guanidine groups is 1. The normalized spacial score (nSPS) is 14.3. The van der Waals surface area contributed by atoms with Crippen molar-refractivity contribution in [3.8, 4) is 0 Å². The zero-order chi connectivity index (χ0) is 15.8. The molecule has 0 aliphatic carbocycles. The lowest BCUT2D eigenvalue weighted by Gasteiger charge is -2.16. The standard InChI is InChI=1S/C16H25N5O.HI/c1-2-8-18-15(17)19-12-13-6-5-7-14(11-13)20-16(22)21-9-3-4-10-21;/h5-7,11H,2-4,8-10,12H2,1H3,(H,20,22)(H3,17,18,19);1H. The second-order valence-corrected chi connectivity index (χ2v) is 5.45. The van der Waals surface area contributed by atoms with Gasteiger partial charge >= 0.3 is 6.03 Å². The number of amides is 2. The van der Waals surface area contributed by atoms with Crippen molar-refractivity contribution in [1.82, 2.24) is 10.2 Å². The Balaban J connectivity index is 0.00000264. The number of benzene rings is 1. The van der Waals surface area contributed by atoms with Crippen LogP contribution in [-0.4, -0.2) is 36.5 Å². The molecule has 1 aliphatic rings. The van der Waals surface area contributed by atoms with Crippen molar-refractivity contribution in [2.24, 2.45) is 10.7 Å². The van der Waals surface area contributed by atoms with Crippen LogP contribution in [0, 0.1) is 0 Å². The van der Waals surface area contributed by atoms with Crippen molar-refractivity contribution in [1.29, 1.82) is 0 Å². The van der Waals surface area contributed by atoms with Gasteiger partial charge in [0.25, 0.3) is 0 Å². The molecule has 128 valence electrons. The van der Waals surface area contributed by atoms with Gasteiger partial charge in [-0.3, -0.25) is 0 Å². The van der Waals surface area contributed by atoms with Crippen LogP contribution in [0.15, 0.2) is 29.3 Å². The molecule has 1 aliphatic heterocycles. The number of nitrogens with one attached hydrogen (secondary N) is 2. The van der Waals surface area contributed by atoms with Crippen molar-refractivity contribution in [3.05, 3.63) is 29.8 Å². The predicted molar refractivity (Wildman–Crippen MR) is 105 cm³/mol. The first-order chi connectivity index (χ1) is 10.7. The summed E-state index contributed by atoms with van der Waals surface area (Å²) >= 11 is 0. The lowest BCUT2D eigenvalue weighted by atomic mass is 10.2. The highest BCUT2D eigenvalue weighted by molar-refractivity contribution is 14.0. The fraction of sp³-hybridized carbons (Fsp3) is 0.500. The second kappa shape index (κ2) is 10.3. The van der Waals surface area contributed by atoms with Gasteiger partial charge in [-0.2, -0.15) is 0 Å². The fourth-order valence-electron chi connectivity index (χ4n) is 2.36. The molecule has 1 heterocycles. The number of carbonyl (C=O) groups excluding carboxylic acids is 1. The number of aliphatic imine (C=N–C) groups is 1. The fourth-order valence-corrected chi connectivity index (χ4v) is 2.36. The summed E-state index contributed by atoms with van der Waals surface area (Å²) in [5.41, 5.74) is 7.58. The van der Waals surface area contributed by atoms with E-state index in [9.17, 15) is 4.79 Å². The Bertz CT molecular complexity index is 529. The Hall–Kier alpha value is -1.51. The van der Waals surface area contributed by atoms with Gasteiger partial charge in [0, 0.05) is 25.3 Å². The number of urea groups is 1.